The number of hydrogen-bond donors (Lipinski definition) is 1. The van der Waals surface area contributed by atoms with Crippen LogP contribution in [-0.4, -0.2) is 20.6 Å². The van der Waals surface area contributed by atoms with Gasteiger partial charge in [0.15, 0.2) is 5.02 Å². The van der Waals surface area contributed by atoms with Crippen molar-refractivity contribution in [3.05, 3.63) is 49.1 Å². The molecule has 0 spiro atoms. The van der Waals surface area contributed by atoms with Gasteiger partial charge < -0.3 is 15.4 Å². The summed E-state index contributed by atoms with van der Waals surface area (Å²) in [4.78, 5) is 22.0. The van der Waals surface area contributed by atoms with E-state index in [9.17, 15) is 14.9 Å². The van der Waals surface area contributed by atoms with Gasteiger partial charge in [0.1, 0.15) is 6.54 Å². The number of carbonyl (C=O) groups excluding carboxylic acids is 1. The molecule has 0 aliphatic carbocycles. The normalized spacial score (nSPS) is 10.5. The van der Waals surface area contributed by atoms with Crippen LogP contribution in [0.4, 0.5) is 11.5 Å². The van der Waals surface area contributed by atoms with E-state index >= 15 is 0 Å². The Balaban J connectivity index is 2.14. The molecule has 1 aromatic heterocycles. The van der Waals surface area contributed by atoms with Gasteiger partial charge in [0.25, 0.3) is 0 Å². The van der Waals surface area contributed by atoms with E-state index in [0.717, 1.165) is 4.68 Å². The lowest BCUT2D eigenvalue weighted by Crippen LogP contribution is -2.20. The van der Waals surface area contributed by atoms with Crippen molar-refractivity contribution in [3.8, 4) is 0 Å². The highest BCUT2D eigenvalue weighted by Crippen LogP contribution is 2.27. The molecule has 7 nitrogen and oxygen atoms in total. The summed E-state index contributed by atoms with van der Waals surface area (Å²) < 4.78 is 1.16. The number of halogens is 3. The Morgan fingerprint density at radius 2 is 2.05 bits per heavy atom. The molecule has 0 saturated carbocycles. The first-order valence-electron chi connectivity index (χ1n) is 5.91. The molecular weight excluding hydrogens is 355 g/mol. The summed E-state index contributed by atoms with van der Waals surface area (Å²) in [5, 5.41) is 17.6. The minimum Gasteiger partial charge on any atom is -0.358 e. The Bertz CT molecular complexity index is 760. The van der Waals surface area contributed by atoms with Crippen LogP contribution in [0.2, 0.25) is 15.1 Å². The first kappa shape index (κ1) is 16.5. The lowest BCUT2D eigenvalue weighted by Gasteiger charge is -2.06. The van der Waals surface area contributed by atoms with E-state index in [1.54, 1.807) is 12.1 Å². The van der Waals surface area contributed by atoms with Crippen LogP contribution in [0.1, 0.15) is 5.69 Å². The SMILES string of the molecule is Cc1c(Cl)c([N+](=O)[O-])nn1CC(=O)Nc1ccc(Cl)c(Cl)c1. The van der Waals surface area contributed by atoms with Crippen molar-refractivity contribution < 1.29 is 9.72 Å². The summed E-state index contributed by atoms with van der Waals surface area (Å²) in [6.07, 6.45) is 0. The smallest absolute Gasteiger partial charge is 0.358 e. The van der Waals surface area contributed by atoms with E-state index in [4.69, 9.17) is 34.8 Å². The van der Waals surface area contributed by atoms with Gasteiger partial charge >= 0.3 is 5.82 Å². The zero-order valence-corrected chi connectivity index (χ0v) is 13.4. The van der Waals surface area contributed by atoms with Crippen LogP contribution < -0.4 is 5.32 Å². The second kappa shape index (κ2) is 6.51. The number of nitrogens with one attached hydrogen (secondary N) is 1. The van der Waals surface area contributed by atoms with Crippen molar-refractivity contribution in [3.63, 3.8) is 0 Å². The van der Waals surface area contributed by atoms with E-state index in [0.29, 0.717) is 21.4 Å². The van der Waals surface area contributed by atoms with Gasteiger partial charge in [0.2, 0.25) is 5.91 Å². The molecule has 0 bridgehead atoms. The molecule has 0 atom stereocenters. The maximum Gasteiger partial charge on any atom is 0.408 e. The molecule has 1 N–H and O–H groups in total. The fourth-order valence-electron chi connectivity index (χ4n) is 1.69. The first-order valence-corrected chi connectivity index (χ1v) is 7.05. The molecule has 0 fully saturated rings. The molecule has 0 aliphatic rings. The average Bonchev–Trinajstić information content (AvgIpc) is 2.71. The number of nitro groups is 1. The van der Waals surface area contributed by atoms with Crippen molar-refractivity contribution in [2.45, 2.75) is 13.5 Å². The molecule has 22 heavy (non-hydrogen) atoms. The molecule has 1 heterocycles. The fourth-order valence-corrected chi connectivity index (χ4v) is 2.19. The van der Waals surface area contributed by atoms with Crippen LogP contribution in [0, 0.1) is 17.0 Å². The predicted molar refractivity (Wildman–Crippen MR) is 83.7 cm³/mol. The maximum atomic E-state index is 12.0. The number of benzene rings is 1. The lowest BCUT2D eigenvalue weighted by atomic mass is 10.3. The first-order chi connectivity index (χ1) is 10.3. The van der Waals surface area contributed by atoms with E-state index in [1.807, 2.05) is 0 Å². The van der Waals surface area contributed by atoms with Crippen molar-refractivity contribution in [1.82, 2.24) is 9.78 Å². The van der Waals surface area contributed by atoms with Crippen LogP contribution in [0.3, 0.4) is 0 Å². The number of anilines is 1. The van der Waals surface area contributed by atoms with Gasteiger partial charge in [-0.15, -0.1) is 0 Å². The zero-order chi connectivity index (χ0) is 16.4. The number of hydrogen-bond acceptors (Lipinski definition) is 4. The molecule has 0 radical (unpaired) electrons. The summed E-state index contributed by atoms with van der Waals surface area (Å²) in [7, 11) is 0. The van der Waals surface area contributed by atoms with Crippen molar-refractivity contribution >= 4 is 52.2 Å². The highest BCUT2D eigenvalue weighted by atomic mass is 35.5. The molecule has 2 rings (SSSR count). The maximum absolute atomic E-state index is 12.0. The van der Waals surface area contributed by atoms with Gasteiger partial charge in [-0.2, -0.15) is 4.68 Å². The molecule has 0 unspecified atom stereocenters. The monoisotopic (exact) mass is 362 g/mol. The lowest BCUT2D eigenvalue weighted by molar-refractivity contribution is -0.389. The number of rotatable bonds is 4. The van der Waals surface area contributed by atoms with Crippen LogP contribution >= 0.6 is 34.8 Å². The largest absolute Gasteiger partial charge is 0.408 e. The van der Waals surface area contributed by atoms with Gasteiger partial charge in [0, 0.05) is 5.69 Å². The van der Waals surface area contributed by atoms with Gasteiger partial charge in [-0.1, -0.05) is 34.8 Å². The van der Waals surface area contributed by atoms with E-state index < -0.39 is 16.6 Å². The van der Waals surface area contributed by atoms with E-state index in [2.05, 4.69) is 10.4 Å². The number of aromatic nitrogens is 2. The number of amides is 1. The zero-order valence-electron chi connectivity index (χ0n) is 11.1. The summed E-state index contributed by atoms with van der Waals surface area (Å²) in [6.45, 7) is 1.31. The quantitative estimate of drug-likeness (QED) is 0.662. The number of carbonyl (C=O) groups is 1. The summed E-state index contributed by atoms with van der Waals surface area (Å²) in [5.74, 6) is -0.919. The summed E-state index contributed by atoms with van der Waals surface area (Å²) >= 11 is 17.4. The second-order valence-electron chi connectivity index (χ2n) is 4.31. The minimum atomic E-state index is -0.706. The van der Waals surface area contributed by atoms with Crippen LogP contribution in [0.5, 0.6) is 0 Å². The molecule has 2 aromatic rings. The van der Waals surface area contributed by atoms with Gasteiger partial charge in [-0.05, 0) is 30.0 Å². The van der Waals surface area contributed by atoms with Gasteiger partial charge in [-0.3, -0.25) is 4.79 Å². The molecule has 1 aromatic carbocycles. The molecule has 116 valence electrons. The number of nitrogens with zero attached hydrogens (tertiary/aromatic N) is 3. The molecular formula is C12H9Cl3N4O3. The summed E-state index contributed by atoms with van der Waals surface area (Å²) in [5.41, 5.74) is 0.780. The third kappa shape index (κ3) is 3.49. The Morgan fingerprint density at radius 1 is 1.36 bits per heavy atom. The Morgan fingerprint density at radius 3 is 2.59 bits per heavy atom. The minimum absolute atomic E-state index is 0.0904. The Labute approximate surface area is 139 Å². The Kier molecular flexibility index (Phi) is 4.90. The third-order valence-electron chi connectivity index (χ3n) is 2.79. The molecule has 0 saturated heterocycles. The van der Waals surface area contributed by atoms with Crippen molar-refractivity contribution in [1.29, 1.82) is 0 Å². The topological polar surface area (TPSA) is 90.1 Å². The molecule has 1 amide bonds. The average molecular weight is 364 g/mol. The third-order valence-corrected chi connectivity index (χ3v) is 3.97. The summed E-state index contributed by atoms with van der Waals surface area (Å²) in [6, 6.07) is 4.62. The van der Waals surface area contributed by atoms with Crippen molar-refractivity contribution in [2.24, 2.45) is 0 Å². The Hall–Kier alpha value is -1.83. The van der Waals surface area contributed by atoms with Crippen LogP contribution in [0.15, 0.2) is 18.2 Å². The second-order valence-corrected chi connectivity index (χ2v) is 5.51. The van der Waals surface area contributed by atoms with Crippen LogP contribution in [0.25, 0.3) is 0 Å². The molecule has 0 aliphatic heterocycles. The standard InChI is InChI=1S/C12H9Cl3N4O3/c1-6-11(15)12(19(21)22)17-18(6)5-10(20)16-7-2-3-8(13)9(14)4-7/h2-4H,5H2,1H3,(H,16,20). The highest BCUT2D eigenvalue weighted by molar-refractivity contribution is 6.42. The fraction of sp³-hybridized carbons (Fsp3) is 0.167. The van der Waals surface area contributed by atoms with Gasteiger partial charge in [0.05, 0.1) is 20.8 Å². The van der Waals surface area contributed by atoms with E-state index in [-0.39, 0.29) is 11.6 Å². The van der Waals surface area contributed by atoms with Gasteiger partial charge in [-0.25, -0.2) is 0 Å². The van der Waals surface area contributed by atoms with E-state index in [1.165, 1.54) is 13.0 Å². The van der Waals surface area contributed by atoms with Crippen molar-refractivity contribution in [2.75, 3.05) is 5.32 Å². The predicted octanol–water partition coefficient (Wildman–Crippen LogP) is 3.70. The highest BCUT2D eigenvalue weighted by Gasteiger charge is 2.24. The van der Waals surface area contributed by atoms with Crippen LogP contribution in [-0.2, 0) is 11.3 Å². The molecule has 10 heteroatoms.